The molecule has 1 heterocycles. The van der Waals surface area contributed by atoms with Crippen molar-refractivity contribution in [2.75, 3.05) is 20.2 Å². The highest BCUT2D eigenvalue weighted by molar-refractivity contribution is 4.93. The minimum absolute atomic E-state index is 0.533. The lowest BCUT2D eigenvalue weighted by Gasteiger charge is -2.39. The average Bonchev–Trinajstić information content (AvgIpc) is 3.31. The first-order chi connectivity index (χ1) is 9.36. The Morgan fingerprint density at radius 3 is 2.16 bits per heavy atom. The highest BCUT2D eigenvalue weighted by Gasteiger charge is 2.36. The summed E-state index contributed by atoms with van der Waals surface area (Å²) in [5.74, 6) is 0. The fourth-order valence-corrected chi connectivity index (χ4v) is 3.95. The largest absolute Gasteiger partial charge is 0.381 e. The van der Waals surface area contributed by atoms with E-state index in [1.807, 2.05) is 7.11 Å². The molecule has 2 aliphatic carbocycles. The molecule has 3 aliphatic rings. The van der Waals surface area contributed by atoms with Crippen molar-refractivity contribution in [1.29, 1.82) is 0 Å². The van der Waals surface area contributed by atoms with Crippen molar-refractivity contribution < 1.29 is 4.74 Å². The van der Waals surface area contributed by atoms with Crippen LogP contribution in [0.15, 0.2) is 0 Å². The minimum atomic E-state index is 0.533. The Kier molecular flexibility index (Phi) is 4.78. The molecule has 1 saturated heterocycles. The summed E-state index contributed by atoms with van der Waals surface area (Å²) in [6.45, 7) is 2.53. The summed E-state index contributed by atoms with van der Waals surface area (Å²) in [7, 11) is 1.87. The Bertz CT molecular complexity index is 266. The van der Waals surface area contributed by atoms with Gasteiger partial charge in [0.05, 0.1) is 6.10 Å². The zero-order valence-electron chi connectivity index (χ0n) is 12.4. The third kappa shape index (κ3) is 3.71. The maximum Gasteiger partial charge on any atom is 0.0572 e. The van der Waals surface area contributed by atoms with Crippen molar-refractivity contribution in [1.82, 2.24) is 10.2 Å². The van der Waals surface area contributed by atoms with Gasteiger partial charge in [-0.2, -0.15) is 0 Å². The van der Waals surface area contributed by atoms with Gasteiger partial charge < -0.3 is 10.1 Å². The highest BCUT2D eigenvalue weighted by atomic mass is 16.5. The quantitative estimate of drug-likeness (QED) is 0.827. The van der Waals surface area contributed by atoms with Crippen LogP contribution in [0.2, 0.25) is 0 Å². The van der Waals surface area contributed by atoms with Crippen LogP contribution in [0.1, 0.15) is 57.8 Å². The van der Waals surface area contributed by atoms with Gasteiger partial charge in [0.15, 0.2) is 0 Å². The molecule has 3 fully saturated rings. The molecular weight excluding hydrogens is 236 g/mol. The molecule has 0 spiro atoms. The molecule has 1 aliphatic heterocycles. The lowest BCUT2D eigenvalue weighted by Crippen LogP contribution is -2.49. The zero-order valence-corrected chi connectivity index (χ0v) is 12.4. The Hall–Kier alpha value is -0.120. The van der Waals surface area contributed by atoms with Crippen molar-refractivity contribution >= 4 is 0 Å². The maximum atomic E-state index is 5.51. The zero-order chi connectivity index (χ0) is 13.1. The summed E-state index contributed by atoms with van der Waals surface area (Å²) in [4.78, 5) is 2.86. The Balaban J connectivity index is 1.52. The van der Waals surface area contributed by atoms with Gasteiger partial charge in [0.2, 0.25) is 0 Å². The summed E-state index contributed by atoms with van der Waals surface area (Å²) in [5, 5.41) is 3.72. The fourth-order valence-electron chi connectivity index (χ4n) is 3.95. The molecule has 0 aromatic heterocycles. The van der Waals surface area contributed by atoms with Crippen LogP contribution in [0, 0.1) is 0 Å². The molecule has 1 N–H and O–H groups in total. The highest BCUT2D eigenvalue weighted by Crippen LogP contribution is 2.34. The summed E-state index contributed by atoms with van der Waals surface area (Å²) in [6.07, 6.45) is 12.8. The number of hydrogen-bond donors (Lipinski definition) is 1. The summed E-state index contributed by atoms with van der Waals surface area (Å²) >= 11 is 0. The second kappa shape index (κ2) is 6.55. The van der Waals surface area contributed by atoms with E-state index >= 15 is 0 Å². The number of methoxy groups -OCH3 is 1. The number of nitrogens with one attached hydrogen (secondary N) is 1. The number of nitrogens with zero attached hydrogens (tertiary/aromatic N) is 1. The van der Waals surface area contributed by atoms with E-state index in [1.54, 1.807) is 0 Å². The molecule has 1 unspecified atom stereocenters. The standard InChI is InChI=1S/C16H30N2O/c1-19-16-9-7-15(8-10-16)18(14-5-6-14)12-13-4-2-3-11-17-13/h13-17H,2-12H2,1H3. The van der Waals surface area contributed by atoms with Crippen LogP contribution in [0.25, 0.3) is 0 Å². The van der Waals surface area contributed by atoms with E-state index in [-0.39, 0.29) is 0 Å². The molecule has 2 saturated carbocycles. The summed E-state index contributed by atoms with van der Waals surface area (Å²) in [6, 6.07) is 2.50. The van der Waals surface area contributed by atoms with E-state index in [2.05, 4.69) is 10.2 Å². The third-order valence-electron chi connectivity index (χ3n) is 5.31. The predicted octanol–water partition coefficient (Wildman–Crippen LogP) is 2.55. The first-order valence-corrected chi connectivity index (χ1v) is 8.38. The van der Waals surface area contributed by atoms with E-state index in [0.29, 0.717) is 6.10 Å². The van der Waals surface area contributed by atoms with Gasteiger partial charge in [0.1, 0.15) is 0 Å². The molecule has 3 rings (SSSR count). The molecular formula is C16H30N2O. The predicted molar refractivity (Wildman–Crippen MR) is 78.4 cm³/mol. The molecule has 1 atom stereocenters. The van der Waals surface area contributed by atoms with E-state index in [9.17, 15) is 0 Å². The van der Waals surface area contributed by atoms with Gasteiger partial charge in [0, 0.05) is 31.8 Å². The molecule has 0 aromatic rings. The molecule has 0 bridgehead atoms. The van der Waals surface area contributed by atoms with Gasteiger partial charge >= 0.3 is 0 Å². The summed E-state index contributed by atoms with van der Waals surface area (Å²) < 4.78 is 5.51. The van der Waals surface area contributed by atoms with Gasteiger partial charge in [-0.25, -0.2) is 0 Å². The molecule has 110 valence electrons. The first-order valence-electron chi connectivity index (χ1n) is 8.38. The molecule has 3 nitrogen and oxygen atoms in total. The van der Waals surface area contributed by atoms with Crippen LogP contribution in [0.5, 0.6) is 0 Å². The van der Waals surface area contributed by atoms with Crippen molar-refractivity contribution in [3.63, 3.8) is 0 Å². The molecule has 19 heavy (non-hydrogen) atoms. The molecule has 3 heteroatoms. The lowest BCUT2D eigenvalue weighted by molar-refractivity contribution is 0.0328. The van der Waals surface area contributed by atoms with Crippen molar-refractivity contribution in [3.05, 3.63) is 0 Å². The maximum absolute atomic E-state index is 5.51. The number of rotatable bonds is 5. The summed E-state index contributed by atoms with van der Waals surface area (Å²) in [5.41, 5.74) is 0. The lowest BCUT2D eigenvalue weighted by atomic mass is 9.91. The van der Waals surface area contributed by atoms with Gasteiger partial charge in [-0.05, 0) is 57.9 Å². The average molecular weight is 266 g/mol. The van der Waals surface area contributed by atoms with Gasteiger partial charge in [0.25, 0.3) is 0 Å². The number of ether oxygens (including phenoxy) is 1. The number of hydrogen-bond acceptors (Lipinski definition) is 3. The first kappa shape index (κ1) is 13.8. The van der Waals surface area contributed by atoms with Gasteiger partial charge in [-0.1, -0.05) is 6.42 Å². The van der Waals surface area contributed by atoms with Gasteiger partial charge in [-0.15, -0.1) is 0 Å². The van der Waals surface area contributed by atoms with Crippen LogP contribution in [0.4, 0.5) is 0 Å². The van der Waals surface area contributed by atoms with E-state index in [1.165, 1.54) is 70.9 Å². The van der Waals surface area contributed by atoms with Crippen LogP contribution in [0.3, 0.4) is 0 Å². The fraction of sp³-hybridized carbons (Fsp3) is 1.00. The second-order valence-corrected chi connectivity index (χ2v) is 6.74. The number of piperidine rings is 1. The Labute approximate surface area is 118 Å². The molecule has 0 radical (unpaired) electrons. The van der Waals surface area contributed by atoms with Crippen LogP contribution >= 0.6 is 0 Å². The van der Waals surface area contributed by atoms with E-state index in [0.717, 1.165) is 18.1 Å². The monoisotopic (exact) mass is 266 g/mol. The smallest absolute Gasteiger partial charge is 0.0572 e. The van der Waals surface area contributed by atoms with Crippen molar-refractivity contribution in [2.45, 2.75) is 82.0 Å². The Morgan fingerprint density at radius 1 is 0.947 bits per heavy atom. The molecule has 0 amide bonds. The Morgan fingerprint density at radius 2 is 1.63 bits per heavy atom. The van der Waals surface area contributed by atoms with Crippen LogP contribution < -0.4 is 5.32 Å². The minimum Gasteiger partial charge on any atom is -0.381 e. The third-order valence-corrected chi connectivity index (χ3v) is 5.31. The van der Waals surface area contributed by atoms with E-state index < -0.39 is 0 Å². The van der Waals surface area contributed by atoms with Gasteiger partial charge in [-0.3, -0.25) is 4.90 Å². The van der Waals surface area contributed by atoms with Crippen molar-refractivity contribution in [2.24, 2.45) is 0 Å². The van der Waals surface area contributed by atoms with Crippen molar-refractivity contribution in [3.8, 4) is 0 Å². The SMILES string of the molecule is COC1CCC(N(CC2CCCCN2)C2CC2)CC1. The molecule has 0 aromatic carbocycles. The van der Waals surface area contributed by atoms with Crippen LogP contribution in [-0.4, -0.2) is 49.3 Å². The second-order valence-electron chi connectivity index (χ2n) is 6.74. The van der Waals surface area contributed by atoms with E-state index in [4.69, 9.17) is 4.74 Å². The normalized spacial score (nSPS) is 36.6. The topological polar surface area (TPSA) is 24.5 Å². The van der Waals surface area contributed by atoms with Crippen LogP contribution in [-0.2, 0) is 4.74 Å².